The highest BCUT2D eigenvalue weighted by molar-refractivity contribution is 6.62. The fourth-order valence-corrected chi connectivity index (χ4v) is 2.27. The van der Waals surface area contributed by atoms with Gasteiger partial charge in [0.25, 0.3) is 0 Å². The molecule has 0 unspecified atom stereocenters. The lowest BCUT2D eigenvalue weighted by molar-refractivity contribution is 0.00578. The Labute approximate surface area is 126 Å². The van der Waals surface area contributed by atoms with Crippen LogP contribution in [-0.4, -0.2) is 24.4 Å². The Balaban J connectivity index is 2.28. The monoisotopic (exact) mass is 296 g/mol. The molecule has 1 fully saturated rings. The maximum Gasteiger partial charge on any atom is 0.495 e. The molecule has 0 amide bonds. The van der Waals surface area contributed by atoms with Crippen molar-refractivity contribution in [2.24, 2.45) is 0 Å². The molecule has 3 nitrogen and oxygen atoms in total. The van der Waals surface area contributed by atoms with Crippen molar-refractivity contribution in [2.45, 2.75) is 58.8 Å². The molecule has 0 bridgehead atoms. The highest BCUT2D eigenvalue weighted by Gasteiger charge is 2.51. The van der Waals surface area contributed by atoms with Gasteiger partial charge in [-0.1, -0.05) is 11.6 Å². The highest BCUT2D eigenvalue weighted by Crippen LogP contribution is 2.36. The summed E-state index contributed by atoms with van der Waals surface area (Å²) in [6, 6.07) is 5.58. The summed E-state index contributed by atoms with van der Waals surface area (Å²) in [7, 11) is -0.423. The number of hydrogen-bond donors (Lipinski definition) is 0. The molecule has 5 heteroatoms. The molecule has 0 aliphatic carbocycles. The minimum Gasteiger partial charge on any atom is -0.491 e. The van der Waals surface area contributed by atoms with Gasteiger partial charge in [-0.15, -0.1) is 0 Å². The van der Waals surface area contributed by atoms with Gasteiger partial charge in [-0.25, -0.2) is 0 Å². The summed E-state index contributed by atoms with van der Waals surface area (Å²) >= 11 is 6.16. The van der Waals surface area contributed by atoms with Crippen LogP contribution in [0.25, 0.3) is 0 Å². The molecular weight excluding hydrogens is 274 g/mol. The van der Waals surface area contributed by atoms with Gasteiger partial charge in [0, 0.05) is 5.02 Å². The molecule has 1 aromatic carbocycles. The maximum atomic E-state index is 6.16. The third-order valence-electron chi connectivity index (χ3n) is 3.79. The zero-order valence-corrected chi connectivity index (χ0v) is 13.7. The summed E-state index contributed by atoms with van der Waals surface area (Å²) in [5.41, 5.74) is 0.157. The number of rotatable bonds is 3. The second kappa shape index (κ2) is 5.25. The summed E-state index contributed by atoms with van der Waals surface area (Å²) in [6.07, 6.45) is 0.0969. The number of hydrogen-bond acceptors (Lipinski definition) is 3. The van der Waals surface area contributed by atoms with Crippen LogP contribution in [0.2, 0.25) is 5.02 Å². The molecule has 0 aromatic heterocycles. The minimum atomic E-state index is -0.423. The average Bonchev–Trinajstić information content (AvgIpc) is 2.46. The summed E-state index contributed by atoms with van der Waals surface area (Å²) in [5, 5.41) is 0.618. The summed E-state index contributed by atoms with van der Waals surface area (Å²) in [6.45, 7) is 12.1. The zero-order valence-electron chi connectivity index (χ0n) is 13.0. The molecule has 0 N–H and O–H groups in total. The van der Waals surface area contributed by atoms with Crippen LogP contribution in [0.1, 0.15) is 41.5 Å². The summed E-state index contributed by atoms with van der Waals surface area (Å²) in [5.74, 6) is 0.734. The Morgan fingerprint density at radius 1 is 1.05 bits per heavy atom. The first-order valence-corrected chi connectivity index (χ1v) is 7.31. The van der Waals surface area contributed by atoms with Crippen molar-refractivity contribution in [3.05, 3.63) is 23.2 Å². The Hall–Kier alpha value is -0.705. The quantitative estimate of drug-likeness (QED) is 0.800. The first-order valence-electron chi connectivity index (χ1n) is 6.93. The van der Waals surface area contributed by atoms with E-state index in [-0.39, 0.29) is 17.3 Å². The van der Waals surface area contributed by atoms with Crippen LogP contribution < -0.4 is 10.2 Å². The summed E-state index contributed by atoms with van der Waals surface area (Å²) in [4.78, 5) is 0. The van der Waals surface area contributed by atoms with Gasteiger partial charge in [0.1, 0.15) is 5.75 Å². The molecular formula is C15H22BClO3. The molecule has 20 heavy (non-hydrogen) atoms. The van der Waals surface area contributed by atoms with E-state index < -0.39 is 7.12 Å². The second-order valence-corrected chi connectivity index (χ2v) is 6.91. The topological polar surface area (TPSA) is 27.7 Å². The molecule has 1 aliphatic rings. The van der Waals surface area contributed by atoms with E-state index in [0.29, 0.717) is 5.02 Å². The third-order valence-corrected chi connectivity index (χ3v) is 4.01. The number of benzene rings is 1. The van der Waals surface area contributed by atoms with Gasteiger partial charge in [0.15, 0.2) is 0 Å². The van der Waals surface area contributed by atoms with E-state index in [1.165, 1.54) is 0 Å². The van der Waals surface area contributed by atoms with E-state index in [1.54, 1.807) is 6.07 Å². The van der Waals surface area contributed by atoms with Crippen LogP contribution in [0.15, 0.2) is 18.2 Å². The zero-order chi connectivity index (χ0) is 15.1. The molecule has 1 saturated heterocycles. The van der Waals surface area contributed by atoms with E-state index in [1.807, 2.05) is 53.7 Å². The Bertz CT molecular complexity index is 484. The Morgan fingerprint density at radius 3 is 2.10 bits per heavy atom. The van der Waals surface area contributed by atoms with Crippen molar-refractivity contribution < 1.29 is 14.0 Å². The maximum absolute atomic E-state index is 6.16. The molecule has 110 valence electrons. The van der Waals surface area contributed by atoms with E-state index >= 15 is 0 Å². The third kappa shape index (κ3) is 3.13. The van der Waals surface area contributed by atoms with E-state index in [0.717, 1.165) is 11.2 Å². The van der Waals surface area contributed by atoms with Crippen molar-refractivity contribution in [3.63, 3.8) is 0 Å². The highest BCUT2D eigenvalue weighted by atomic mass is 35.5. The van der Waals surface area contributed by atoms with E-state index in [2.05, 4.69) is 0 Å². The van der Waals surface area contributed by atoms with Gasteiger partial charge >= 0.3 is 7.12 Å². The van der Waals surface area contributed by atoms with Crippen molar-refractivity contribution >= 4 is 24.2 Å². The van der Waals surface area contributed by atoms with Crippen molar-refractivity contribution in [1.29, 1.82) is 0 Å². The molecule has 0 saturated carbocycles. The van der Waals surface area contributed by atoms with Gasteiger partial charge in [-0.2, -0.15) is 0 Å². The van der Waals surface area contributed by atoms with Crippen molar-refractivity contribution in [3.8, 4) is 5.75 Å². The SMILES string of the molecule is CC(C)Oc1cc(Cl)cc(B2OC(C)(C)C(C)(C)O2)c1. The first kappa shape index (κ1) is 15.7. The van der Waals surface area contributed by atoms with Gasteiger partial charge in [0.2, 0.25) is 0 Å². The van der Waals surface area contributed by atoms with Crippen molar-refractivity contribution in [1.82, 2.24) is 0 Å². The lowest BCUT2D eigenvalue weighted by atomic mass is 9.79. The Morgan fingerprint density at radius 2 is 1.60 bits per heavy atom. The molecule has 1 aromatic rings. The molecule has 2 rings (SSSR count). The second-order valence-electron chi connectivity index (χ2n) is 6.48. The molecule has 0 spiro atoms. The first-order chi connectivity index (χ1) is 9.10. The van der Waals surface area contributed by atoms with Gasteiger partial charge in [-0.05, 0) is 65.2 Å². The van der Waals surface area contributed by atoms with Crippen LogP contribution in [0, 0.1) is 0 Å². The van der Waals surface area contributed by atoms with E-state index in [4.69, 9.17) is 25.6 Å². The van der Waals surface area contributed by atoms with Crippen LogP contribution in [0.4, 0.5) is 0 Å². The smallest absolute Gasteiger partial charge is 0.491 e. The standard InChI is InChI=1S/C15H22BClO3/c1-10(2)18-13-8-11(7-12(17)9-13)16-19-14(3,4)15(5,6)20-16/h7-10H,1-6H3. The fourth-order valence-electron chi connectivity index (χ4n) is 2.04. The van der Waals surface area contributed by atoms with Crippen LogP contribution in [0.5, 0.6) is 5.75 Å². The predicted octanol–water partition coefficient (Wildman–Crippen LogP) is 3.43. The summed E-state index contributed by atoms with van der Waals surface area (Å²) < 4.78 is 17.8. The lowest BCUT2D eigenvalue weighted by Gasteiger charge is -2.32. The van der Waals surface area contributed by atoms with Crippen LogP contribution >= 0.6 is 11.6 Å². The number of halogens is 1. The molecule has 1 heterocycles. The average molecular weight is 297 g/mol. The largest absolute Gasteiger partial charge is 0.495 e. The minimum absolute atomic E-state index is 0.0969. The lowest BCUT2D eigenvalue weighted by Crippen LogP contribution is -2.41. The fraction of sp³-hybridized carbons (Fsp3) is 0.600. The van der Waals surface area contributed by atoms with Gasteiger partial charge in [0.05, 0.1) is 17.3 Å². The van der Waals surface area contributed by atoms with Gasteiger partial charge in [-0.3, -0.25) is 0 Å². The van der Waals surface area contributed by atoms with Crippen molar-refractivity contribution in [2.75, 3.05) is 0 Å². The normalized spacial score (nSPS) is 20.5. The van der Waals surface area contributed by atoms with Crippen LogP contribution in [-0.2, 0) is 9.31 Å². The predicted molar refractivity (Wildman–Crippen MR) is 82.9 cm³/mol. The Kier molecular flexibility index (Phi) is 4.11. The molecule has 0 radical (unpaired) electrons. The number of ether oxygens (including phenoxy) is 1. The molecule has 1 aliphatic heterocycles. The molecule has 0 atom stereocenters. The van der Waals surface area contributed by atoms with Gasteiger partial charge < -0.3 is 14.0 Å². The van der Waals surface area contributed by atoms with Crippen LogP contribution in [0.3, 0.4) is 0 Å². The van der Waals surface area contributed by atoms with E-state index in [9.17, 15) is 0 Å².